The van der Waals surface area contributed by atoms with Crippen molar-refractivity contribution in [2.75, 3.05) is 6.61 Å². The first kappa shape index (κ1) is 13.1. The fourth-order valence-corrected chi connectivity index (χ4v) is 2.36. The molecule has 2 rings (SSSR count). The summed E-state index contributed by atoms with van der Waals surface area (Å²) in [5.74, 6) is 0.935. The lowest BCUT2D eigenvalue weighted by Gasteiger charge is -2.23. The molecule has 94 valence electrons. The maximum Gasteiger partial charge on any atom is 0.199 e. The Morgan fingerprint density at radius 2 is 2.35 bits per heavy atom. The van der Waals surface area contributed by atoms with Gasteiger partial charge in [-0.15, -0.1) is 0 Å². The molecule has 0 aliphatic carbocycles. The zero-order chi connectivity index (χ0) is 12.1. The Balaban J connectivity index is 2.00. The second kappa shape index (κ2) is 6.59. The predicted molar refractivity (Wildman–Crippen MR) is 77.7 cm³/mol. The Hall–Kier alpha value is -0.290. The fourth-order valence-electron chi connectivity index (χ4n) is 1.97. The third kappa shape index (κ3) is 3.85. The zero-order valence-corrected chi connectivity index (χ0v) is 12.4. The Labute approximate surface area is 117 Å². The van der Waals surface area contributed by atoms with Gasteiger partial charge in [-0.2, -0.15) is 0 Å². The lowest BCUT2D eigenvalue weighted by Crippen LogP contribution is -2.24. The summed E-state index contributed by atoms with van der Waals surface area (Å²) in [5, 5.41) is 0. The first-order valence-corrected chi connectivity index (χ1v) is 7.56. The normalized spacial score (nSPS) is 22.1. The Morgan fingerprint density at radius 3 is 3.06 bits per heavy atom. The molecule has 2 atom stereocenters. The van der Waals surface area contributed by atoms with Crippen molar-refractivity contribution in [1.29, 1.82) is 0 Å². The number of ether oxygens (including phenoxy) is 2. The van der Waals surface area contributed by atoms with Crippen molar-refractivity contribution in [2.24, 2.45) is 0 Å². The number of rotatable bonds is 4. The SMILES string of the molecule is CCC(I)c1cccc(OC2CCCCO2)c1. The maximum absolute atomic E-state index is 5.87. The van der Waals surface area contributed by atoms with E-state index >= 15 is 0 Å². The molecule has 0 bridgehead atoms. The van der Waals surface area contributed by atoms with Crippen LogP contribution in [0.1, 0.15) is 42.1 Å². The van der Waals surface area contributed by atoms with Gasteiger partial charge in [0.2, 0.25) is 0 Å². The molecular weight excluding hydrogens is 327 g/mol. The first-order valence-electron chi connectivity index (χ1n) is 6.32. The van der Waals surface area contributed by atoms with Gasteiger partial charge in [0.15, 0.2) is 6.29 Å². The largest absolute Gasteiger partial charge is 0.465 e. The predicted octanol–water partition coefficient (Wildman–Crippen LogP) is 4.48. The lowest BCUT2D eigenvalue weighted by molar-refractivity contribution is -0.105. The molecule has 1 fully saturated rings. The Kier molecular flexibility index (Phi) is 5.10. The van der Waals surface area contributed by atoms with Gasteiger partial charge < -0.3 is 9.47 Å². The van der Waals surface area contributed by atoms with E-state index in [4.69, 9.17) is 9.47 Å². The van der Waals surface area contributed by atoms with Crippen LogP contribution in [0, 0.1) is 0 Å². The van der Waals surface area contributed by atoms with Gasteiger partial charge in [-0.1, -0.05) is 41.6 Å². The second-order valence-corrected chi connectivity index (χ2v) is 5.87. The van der Waals surface area contributed by atoms with Crippen molar-refractivity contribution in [3.63, 3.8) is 0 Å². The fraction of sp³-hybridized carbons (Fsp3) is 0.571. The molecule has 2 unspecified atom stereocenters. The van der Waals surface area contributed by atoms with E-state index in [0.717, 1.165) is 31.6 Å². The molecule has 0 N–H and O–H groups in total. The van der Waals surface area contributed by atoms with Gasteiger partial charge >= 0.3 is 0 Å². The summed E-state index contributed by atoms with van der Waals surface area (Å²) in [6, 6.07) is 8.38. The summed E-state index contributed by atoms with van der Waals surface area (Å²) in [4.78, 5) is 0. The molecule has 2 nitrogen and oxygen atoms in total. The monoisotopic (exact) mass is 346 g/mol. The molecule has 1 heterocycles. The third-order valence-corrected chi connectivity index (χ3v) is 4.58. The van der Waals surface area contributed by atoms with E-state index in [0.29, 0.717) is 3.92 Å². The van der Waals surface area contributed by atoms with Gasteiger partial charge in [0.1, 0.15) is 5.75 Å². The highest BCUT2D eigenvalue weighted by molar-refractivity contribution is 14.1. The van der Waals surface area contributed by atoms with E-state index in [1.165, 1.54) is 12.0 Å². The minimum atomic E-state index is -0.0479. The molecule has 0 aromatic heterocycles. The van der Waals surface area contributed by atoms with Crippen molar-refractivity contribution >= 4 is 22.6 Å². The molecule has 17 heavy (non-hydrogen) atoms. The van der Waals surface area contributed by atoms with Gasteiger partial charge in [0.25, 0.3) is 0 Å². The summed E-state index contributed by atoms with van der Waals surface area (Å²) >= 11 is 2.47. The number of hydrogen-bond donors (Lipinski definition) is 0. The van der Waals surface area contributed by atoms with E-state index in [-0.39, 0.29) is 6.29 Å². The van der Waals surface area contributed by atoms with Crippen LogP contribution < -0.4 is 4.74 Å². The molecule has 0 spiro atoms. The van der Waals surface area contributed by atoms with Crippen LogP contribution in [0.5, 0.6) is 5.75 Å². The van der Waals surface area contributed by atoms with E-state index in [2.05, 4.69) is 47.7 Å². The quantitative estimate of drug-likeness (QED) is 0.591. The summed E-state index contributed by atoms with van der Waals surface area (Å²) in [6.45, 7) is 3.03. The summed E-state index contributed by atoms with van der Waals surface area (Å²) in [6.07, 6.45) is 4.46. The van der Waals surface area contributed by atoms with Crippen molar-refractivity contribution in [3.05, 3.63) is 29.8 Å². The molecule has 1 aromatic carbocycles. The zero-order valence-electron chi connectivity index (χ0n) is 10.2. The van der Waals surface area contributed by atoms with Crippen molar-refractivity contribution in [3.8, 4) is 5.75 Å². The van der Waals surface area contributed by atoms with Crippen LogP contribution in [0.3, 0.4) is 0 Å². The van der Waals surface area contributed by atoms with Crippen molar-refractivity contribution in [2.45, 2.75) is 42.8 Å². The Morgan fingerprint density at radius 1 is 1.47 bits per heavy atom. The lowest BCUT2D eigenvalue weighted by atomic mass is 10.1. The number of hydrogen-bond acceptors (Lipinski definition) is 2. The van der Waals surface area contributed by atoms with Crippen LogP contribution in [0.25, 0.3) is 0 Å². The minimum absolute atomic E-state index is 0.0479. The van der Waals surface area contributed by atoms with Crippen LogP contribution in [-0.4, -0.2) is 12.9 Å². The maximum atomic E-state index is 5.87. The first-order chi connectivity index (χ1) is 8.29. The molecule has 1 aliphatic heterocycles. The smallest absolute Gasteiger partial charge is 0.199 e. The second-order valence-electron chi connectivity index (χ2n) is 4.36. The summed E-state index contributed by atoms with van der Waals surface area (Å²) < 4.78 is 12.0. The van der Waals surface area contributed by atoms with Crippen LogP contribution >= 0.6 is 22.6 Å². The number of halogens is 1. The molecule has 0 saturated carbocycles. The number of benzene rings is 1. The van der Waals surface area contributed by atoms with E-state index in [1.54, 1.807) is 0 Å². The van der Waals surface area contributed by atoms with E-state index in [1.807, 2.05) is 6.07 Å². The van der Waals surface area contributed by atoms with Crippen LogP contribution in [0.4, 0.5) is 0 Å². The standard InChI is InChI=1S/C14H19IO2/c1-2-13(15)11-6-5-7-12(10-11)17-14-8-3-4-9-16-14/h5-7,10,13-14H,2-4,8-9H2,1H3. The van der Waals surface area contributed by atoms with E-state index < -0.39 is 0 Å². The number of alkyl halides is 1. The molecule has 1 saturated heterocycles. The van der Waals surface area contributed by atoms with Gasteiger partial charge in [-0.3, -0.25) is 0 Å². The molecular formula is C14H19IO2. The molecule has 0 radical (unpaired) electrons. The molecule has 0 amide bonds. The average molecular weight is 346 g/mol. The van der Waals surface area contributed by atoms with Gasteiger partial charge in [0, 0.05) is 10.3 Å². The molecule has 1 aromatic rings. The van der Waals surface area contributed by atoms with Crippen LogP contribution in [0.15, 0.2) is 24.3 Å². The van der Waals surface area contributed by atoms with Crippen molar-refractivity contribution in [1.82, 2.24) is 0 Å². The highest BCUT2D eigenvalue weighted by Gasteiger charge is 2.15. The van der Waals surface area contributed by atoms with Gasteiger partial charge in [0.05, 0.1) is 6.61 Å². The molecule has 1 aliphatic rings. The third-order valence-electron chi connectivity index (χ3n) is 2.98. The highest BCUT2D eigenvalue weighted by atomic mass is 127. The van der Waals surface area contributed by atoms with E-state index in [9.17, 15) is 0 Å². The summed E-state index contributed by atoms with van der Waals surface area (Å²) in [7, 11) is 0. The molecule has 3 heteroatoms. The van der Waals surface area contributed by atoms with Crippen molar-refractivity contribution < 1.29 is 9.47 Å². The average Bonchev–Trinajstić information content (AvgIpc) is 2.39. The summed E-state index contributed by atoms with van der Waals surface area (Å²) in [5.41, 5.74) is 1.33. The van der Waals surface area contributed by atoms with Gasteiger partial charge in [-0.25, -0.2) is 0 Å². The van der Waals surface area contributed by atoms with Crippen LogP contribution in [0.2, 0.25) is 0 Å². The highest BCUT2D eigenvalue weighted by Crippen LogP contribution is 2.29. The minimum Gasteiger partial charge on any atom is -0.465 e. The van der Waals surface area contributed by atoms with Gasteiger partial charge in [-0.05, 0) is 37.0 Å². The Bertz CT molecular complexity index is 348. The van der Waals surface area contributed by atoms with Crippen LogP contribution in [-0.2, 0) is 4.74 Å². The topological polar surface area (TPSA) is 18.5 Å².